The van der Waals surface area contributed by atoms with Crippen LogP contribution in [0, 0.1) is 11.3 Å². The van der Waals surface area contributed by atoms with Gasteiger partial charge in [-0.25, -0.2) is 0 Å². The number of nitrogens with zero attached hydrogens (tertiary/aromatic N) is 2. The van der Waals surface area contributed by atoms with Crippen LogP contribution in [-0.4, -0.2) is 10.9 Å². The van der Waals surface area contributed by atoms with Crippen molar-refractivity contribution < 1.29 is 4.79 Å². The number of anilines is 1. The lowest BCUT2D eigenvalue weighted by Gasteiger charge is -2.12. The summed E-state index contributed by atoms with van der Waals surface area (Å²) in [6.45, 7) is 0. The molecule has 0 spiro atoms. The molecule has 0 aliphatic rings. The third-order valence-electron chi connectivity index (χ3n) is 4.36. The Bertz CT molecular complexity index is 1170. The van der Waals surface area contributed by atoms with Crippen molar-refractivity contribution in [3.8, 4) is 17.2 Å². The molecule has 4 nitrogen and oxygen atoms in total. The summed E-state index contributed by atoms with van der Waals surface area (Å²) < 4.78 is 0. The van der Waals surface area contributed by atoms with Gasteiger partial charge in [-0.2, -0.15) is 5.26 Å². The van der Waals surface area contributed by atoms with Crippen LogP contribution in [0.4, 0.5) is 5.69 Å². The predicted octanol–water partition coefficient (Wildman–Crippen LogP) is 5.03. The third-order valence-corrected chi connectivity index (χ3v) is 4.36. The van der Waals surface area contributed by atoms with Crippen molar-refractivity contribution >= 4 is 22.5 Å². The van der Waals surface area contributed by atoms with Crippen LogP contribution in [-0.2, 0) is 0 Å². The molecule has 3 aromatic carbocycles. The molecule has 128 valence electrons. The zero-order valence-electron chi connectivity index (χ0n) is 14.4. The Kier molecular flexibility index (Phi) is 4.34. The Morgan fingerprint density at radius 2 is 1.74 bits per heavy atom. The van der Waals surface area contributed by atoms with Gasteiger partial charge in [0.2, 0.25) is 0 Å². The van der Waals surface area contributed by atoms with Gasteiger partial charge in [-0.1, -0.05) is 54.6 Å². The fourth-order valence-electron chi connectivity index (χ4n) is 3.07. The van der Waals surface area contributed by atoms with E-state index in [9.17, 15) is 10.1 Å². The SMILES string of the molecule is N#Cc1ccc(-c2ccccc2)c(C(=O)Nc2cccc3cccnc23)c1. The second kappa shape index (κ2) is 7.11. The Morgan fingerprint density at radius 3 is 2.56 bits per heavy atom. The van der Waals surface area contributed by atoms with E-state index in [1.807, 2.05) is 66.7 Å². The van der Waals surface area contributed by atoms with Crippen LogP contribution in [0.2, 0.25) is 0 Å². The molecule has 0 bridgehead atoms. The second-order valence-electron chi connectivity index (χ2n) is 6.07. The van der Waals surface area contributed by atoms with E-state index in [4.69, 9.17) is 0 Å². The summed E-state index contributed by atoms with van der Waals surface area (Å²) in [6.07, 6.45) is 1.70. The smallest absolute Gasteiger partial charge is 0.256 e. The molecule has 27 heavy (non-hydrogen) atoms. The average molecular weight is 349 g/mol. The highest BCUT2D eigenvalue weighted by molar-refractivity contribution is 6.11. The quantitative estimate of drug-likeness (QED) is 0.564. The number of carbonyl (C=O) groups excluding carboxylic acids is 1. The van der Waals surface area contributed by atoms with Gasteiger partial charge in [-0.3, -0.25) is 9.78 Å². The molecule has 1 N–H and O–H groups in total. The minimum atomic E-state index is -0.274. The molecule has 0 radical (unpaired) electrons. The van der Waals surface area contributed by atoms with Crippen LogP contribution in [0.3, 0.4) is 0 Å². The highest BCUT2D eigenvalue weighted by Crippen LogP contribution is 2.27. The van der Waals surface area contributed by atoms with Crippen molar-refractivity contribution in [1.29, 1.82) is 5.26 Å². The summed E-state index contributed by atoms with van der Waals surface area (Å²) >= 11 is 0. The maximum atomic E-state index is 13.1. The monoisotopic (exact) mass is 349 g/mol. The van der Waals surface area contributed by atoms with E-state index in [1.54, 1.807) is 18.3 Å². The van der Waals surface area contributed by atoms with Gasteiger partial charge in [0.05, 0.1) is 22.8 Å². The summed E-state index contributed by atoms with van der Waals surface area (Å²) in [5.41, 5.74) is 3.96. The van der Waals surface area contributed by atoms with Crippen molar-refractivity contribution in [2.75, 3.05) is 5.32 Å². The van der Waals surface area contributed by atoms with Gasteiger partial charge in [0.1, 0.15) is 0 Å². The maximum Gasteiger partial charge on any atom is 0.256 e. The van der Waals surface area contributed by atoms with E-state index in [0.29, 0.717) is 16.8 Å². The number of fused-ring (bicyclic) bond motifs is 1. The number of hydrogen-bond donors (Lipinski definition) is 1. The standard InChI is InChI=1S/C23H15N3O/c24-15-16-11-12-19(17-6-2-1-3-7-17)20(14-16)23(27)26-21-10-4-8-18-9-5-13-25-22(18)21/h1-14H,(H,26,27). The van der Waals surface area contributed by atoms with Gasteiger partial charge >= 0.3 is 0 Å². The van der Waals surface area contributed by atoms with E-state index in [0.717, 1.165) is 22.0 Å². The molecular formula is C23H15N3O. The van der Waals surface area contributed by atoms with Crippen LogP contribution < -0.4 is 5.32 Å². The number of amides is 1. The van der Waals surface area contributed by atoms with Crippen LogP contribution in [0.1, 0.15) is 15.9 Å². The first-order chi connectivity index (χ1) is 13.3. The van der Waals surface area contributed by atoms with E-state index >= 15 is 0 Å². The normalized spacial score (nSPS) is 10.3. The lowest BCUT2D eigenvalue weighted by molar-refractivity contribution is 0.102. The molecule has 4 aromatic rings. The third kappa shape index (κ3) is 3.26. The largest absolute Gasteiger partial charge is 0.320 e. The highest BCUT2D eigenvalue weighted by atomic mass is 16.1. The number of nitriles is 1. The average Bonchev–Trinajstić information content (AvgIpc) is 2.74. The van der Waals surface area contributed by atoms with Crippen molar-refractivity contribution in [2.24, 2.45) is 0 Å². The summed E-state index contributed by atoms with van der Waals surface area (Å²) in [4.78, 5) is 17.4. The van der Waals surface area contributed by atoms with Crippen molar-refractivity contribution in [1.82, 2.24) is 4.98 Å². The molecule has 0 aliphatic heterocycles. The zero-order valence-corrected chi connectivity index (χ0v) is 14.4. The maximum absolute atomic E-state index is 13.1. The van der Waals surface area contributed by atoms with Crippen molar-refractivity contribution in [2.45, 2.75) is 0 Å². The molecular weight excluding hydrogens is 334 g/mol. The Morgan fingerprint density at radius 1 is 0.926 bits per heavy atom. The fourth-order valence-corrected chi connectivity index (χ4v) is 3.07. The number of nitrogens with one attached hydrogen (secondary N) is 1. The lowest BCUT2D eigenvalue weighted by atomic mass is 9.97. The number of benzene rings is 3. The predicted molar refractivity (Wildman–Crippen MR) is 106 cm³/mol. The molecule has 1 heterocycles. The van der Waals surface area contributed by atoms with Crippen LogP contribution in [0.5, 0.6) is 0 Å². The van der Waals surface area contributed by atoms with Crippen LogP contribution in [0.25, 0.3) is 22.0 Å². The zero-order chi connectivity index (χ0) is 18.6. The molecule has 0 atom stereocenters. The van der Waals surface area contributed by atoms with E-state index in [2.05, 4.69) is 16.4 Å². The first kappa shape index (κ1) is 16.5. The molecule has 1 aromatic heterocycles. The first-order valence-electron chi connectivity index (χ1n) is 8.51. The molecule has 0 fully saturated rings. The van der Waals surface area contributed by atoms with E-state index in [-0.39, 0.29) is 5.91 Å². The Balaban J connectivity index is 1.78. The van der Waals surface area contributed by atoms with E-state index in [1.165, 1.54) is 0 Å². The molecule has 1 amide bonds. The second-order valence-corrected chi connectivity index (χ2v) is 6.07. The van der Waals surface area contributed by atoms with Gasteiger partial charge < -0.3 is 5.32 Å². The Labute approximate surface area is 156 Å². The highest BCUT2D eigenvalue weighted by Gasteiger charge is 2.15. The number of carbonyl (C=O) groups is 1. The van der Waals surface area contributed by atoms with Crippen LogP contribution >= 0.6 is 0 Å². The molecule has 4 heteroatoms. The summed E-state index contributed by atoms with van der Waals surface area (Å²) in [5, 5.41) is 13.1. The minimum absolute atomic E-state index is 0.274. The number of para-hydroxylation sites is 1. The number of rotatable bonds is 3. The number of pyridine rings is 1. The van der Waals surface area contributed by atoms with Gasteiger partial charge in [0.15, 0.2) is 0 Å². The summed E-state index contributed by atoms with van der Waals surface area (Å²) in [7, 11) is 0. The van der Waals surface area contributed by atoms with Gasteiger partial charge in [0, 0.05) is 17.1 Å². The van der Waals surface area contributed by atoms with Crippen molar-refractivity contribution in [3.05, 3.63) is 96.2 Å². The lowest BCUT2D eigenvalue weighted by Crippen LogP contribution is -2.14. The van der Waals surface area contributed by atoms with Crippen molar-refractivity contribution in [3.63, 3.8) is 0 Å². The summed E-state index contributed by atoms with van der Waals surface area (Å²) in [5.74, 6) is -0.274. The van der Waals surface area contributed by atoms with Gasteiger partial charge in [-0.05, 0) is 35.4 Å². The molecule has 0 unspecified atom stereocenters. The van der Waals surface area contributed by atoms with E-state index < -0.39 is 0 Å². The van der Waals surface area contributed by atoms with Crippen LogP contribution in [0.15, 0.2) is 85.1 Å². The van der Waals surface area contributed by atoms with Gasteiger partial charge in [-0.15, -0.1) is 0 Å². The number of aromatic nitrogens is 1. The first-order valence-corrected chi connectivity index (χ1v) is 8.51. The molecule has 0 aliphatic carbocycles. The Hall–Kier alpha value is -3.97. The molecule has 0 saturated heterocycles. The minimum Gasteiger partial charge on any atom is -0.320 e. The fraction of sp³-hybridized carbons (Fsp3) is 0. The topological polar surface area (TPSA) is 65.8 Å². The summed E-state index contributed by atoms with van der Waals surface area (Å²) in [6, 6.07) is 26.4. The van der Waals surface area contributed by atoms with Gasteiger partial charge in [0.25, 0.3) is 5.91 Å². The molecule has 4 rings (SSSR count). The molecule has 0 saturated carbocycles. The number of hydrogen-bond acceptors (Lipinski definition) is 3.